The Balaban J connectivity index is 1.90. The van der Waals surface area contributed by atoms with E-state index in [9.17, 15) is 22.8 Å². The Morgan fingerprint density at radius 3 is 2.58 bits per heavy atom. The molecule has 1 aromatic rings. The highest BCUT2D eigenvalue weighted by Gasteiger charge is 2.49. The van der Waals surface area contributed by atoms with Crippen LogP contribution in [0.3, 0.4) is 0 Å². The van der Waals surface area contributed by atoms with Crippen LogP contribution in [0.2, 0.25) is 5.02 Å². The average Bonchev–Trinajstić information content (AvgIpc) is 2.72. The zero-order valence-corrected chi connectivity index (χ0v) is 18.4. The van der Waals surface area contributed by atoms with Crippen molar-refractivity contribution in [1.29, 1.82) is 0 Å². The third-order valence-corrected chi connectivity index (χ3v) is 4.55. The van der Waals surface area contributed by atoms with Crippen molar-refractivity contribution in [3.63, 3.8) is 0 Å². The van der Waals surface area contributed by atoms with Crippen molar-refractivity contribution in [3.05, 3.63) is 33.9 Å². The van der Waals surface area contributed by atoms with E-state index in [0.717, 1.165) is 6.08 Å². The molecule has 1 aromatic carbocycles. The van der Waals surface area contributed by atoms with Gasteiger partial charge in [-0.25, -0.2) is 9.59 Å². The number of benzene rings is 1. The van der Waals surface area contributed by atoms with Gasteiger partial charge in [0.05, 0.1) is 12.2 Å². The summed E-state index contributed by atoms with van der Waals surface area (Å²) in [6, 6.07) is 2.78. The predicted octanol–water partition coefficient (Wildman–Crippen LogP) is 2.85. The van der Waals surface area contributed by atoms with E-state index in [0.29, 0.717) is 18.7 Å². The van der Waals surface area contributed by atoms with Gasteiger partial charge in [-0.05, 0) is 37.7 Å². The highest BCUT2D eigenvalue weighted by Crippen LogP contribution is 2.40. The van der Waals surface area contributed by atoms with Gasteiger partial charge in [-0.3, -0.25) is 10.0 Å². The number of fused-ring (bicyclic) bond motifs is 1. The highest BCUT2D eigenvalue weighted by molar-refractivity contribution is 6.30. The molecule has 0 bridgehead atoms. The Hall–Kier alpha value is -2.58. The van der Waals surface area contributed by atoms with Crippen molar-refractivity contribution in [2.45, 2.75) is 19.2 Å². The summed E-state index contributed by atoms with van der Waals surface area (Å²) in [4.78, 5) is 30.0. The summed E-state index contributed by atoms with van der Waals surface area (Å²) >= 11 is 5.93. The van der Waals surface area contributed by atoms with Crippen LogP contribution in [-0.2, 0) is 23.8 Å². The number of carbonyl (C=O) groups excluding carboxylic acids is 2. The molecule has 1 unspecified atom stereocenters. The minimum atomic E-state index is -4.90. The second-order valence-corrected chi connectivity index (χ2v) is 7.25. The van der Waals surface area contributed by atoms with Gasteiger partial charge in [0.1, 0.15) is 12.4 Å². The smallest absolute Gasteiger partial charge is 0.475 e. The SMILES string of the molecule is Cc1cc(Cl)cc2c1OC(C(F)(F)F)C(C(=O)OCOC(=O)OCCN(C)CCONO)=C2. The first-order chi connectivity index (χ1) is 15.5. The molecule has 0 saturated carbocycles. The van der Waals surface area contributed by atoms with Crippen LogP contribution >= 0.6 is 11.6 Å². The van der Waals surface area contributed by atoms with Gasteiger partial charge in [-0.2, -0.15) is 13.2 Å². The average molecular weight is 499 g/mol. The van der Waals surface area contributed by atoms with Crippen molar-refractivity contribution in [2.24, 2.45) is 0 Å². The second kappa shape index (κ2) is 12.0. The molecule has 1 heterocycles. The fourth-order valence-corrected chi connectivity index (χ4v) is 3.04. The van der Waals surface area contributed by atoms with E-state index < -0.39 is 36.8 Å². The van der Waals surface area contributed by atoms with E-state index in [1.54, 1.807) is 11.9 Å². The predicted molar refractivity (Wildman–Crippen MR) is 106 cm³/mol. The molecule has 0 amide bonds. The van der Waals surface area contributed by atoms with E-state index >= 15 is 0 Å². The van der Waals surface area contributed by atoms with Crippen molar-refractivity contribution in [1.82, 2.24) is 10.5 Å². The lowest BCUT2D eigenvalue weighted by Gasteiger charge is -2.28. The number of alkyl halides is 3. The van der Waals surface area contributed by atoms with Crippen molar-refractivity contribution in [2.75, 3.05) is 40.1 Å². The molecule has 1 atom stereocenters. The number of carbonyl (C=O) groups is 2. The van der Waals surface area contributed by atoms with E-state index in [2.05, 4.69) is 14.3 Å². The molecule has 0 aromatic heterocycles. The normalized spacial score (nSPS) is 15.4. The van der Waals surface area contributed by atoms with Crippen LogP contribution in [-0.4, -0.2) is 74.7 Å². The molecule has 0 fully saturated rings. The first-order valence-electron chi connectivity index (χ1n) is 9.44. The Bertz CT molecular complexity index is 881. The van der Waals surface area contributed by atoms with Crippen LogP contribution in [0.4, 0.5) is 18.0 Å². The summed E-state index contributed by atoms with van der Waals surface area (Å²) in [5.74, 6) is -1.44. The Labute approximate surface area is 191 Å². The molecule has 33 heavy (non-hydrogen) atoms. The first-order valence-corrected chi connectivity index (χ1v) is 9.82. The molecule has 1 aliphatic rings. The molecule has 10 nitrogen and oxygen atoms in total. The number of likely N-dealkylation sites (N-methyl/N-ethyl adjacent to an activating group) is 1. The number of aryl methyl sites for hydroxylation is 1. The number of hydrogen-bond acceptors (Lipinski definition) is 10. The summed E-state index contributed by atoms with van der Waals surface area (Å²) in [5, 5.41) is 8.52. The third-order valence-electron chi connectivity index (χ3n) is 4.33. The van der Waals surface area contributed by atoms with E-state index in [-0.39, 0.29) is 29.5 Å². The maximum Gasteiger partial charge on any atom is 0.511 e. The van der Waals surface area contributed by atoms with E-state index in [1.807, 2.05) is 0 Å². The van der Waals surface area contributed by atoms with Crippen molar-refractivity contribution >= 4 is 29.8 Å². The molecular formula is C19H22ClF3N2O8. The maximum atomic E-state index is 13.5. The van der Waals surface area contributed by atoms with Gasteiger partial charge >= 0.3 is 18.3 Å². The second-order valence-electron chi connectivity index (χ2n) is 6.82. The first kappa shape index (κ1) is 26.7. The van der Waals surface area contributed by atoms with Crippen molar-refractivity contribution < 1.29 is 51.8 Å². The van der Waals surface area contributed by atoms with Crippen LogP contribution in [0.5, 0.6) is 5.75 Å². The van der Waals surface area contributed by atoms with Gasteiger partial charge < -0.3 is 23.8 Å². The van der Waals surface area contributed by atoms with Crippen LogP contribution < -0.4 is 10.4 Å². The van der Waals surface area contributed by atoms with Gasteiger partial charge in [0.15, 0.2) is 0 Å². The monoisotopic (exact) mass is 498 g/mol. The number of rotatable bonds is 10. The third kappa shape index (κ3) is 8.05. The largest absolute Gasteiger partial charge is 0.511 e. The van der Waals surface area contributed by atoms with Crippen molar-refractivity contribution in [3.8, 4) is 5.75 Å². The van der Waals surface area contributed by atoms with Gasteiger partial charge in [0, 0.05) is 23.7 Å². The topological polar surface area (TPSA) is 116 Å². The summed E-state index contributed by atoms with van der Waals surface area (Å²) < 4.78 is 59.4. The molecule has 0 spiro atoms. The van der Waals surface area contributed by atoms with Gasteiger partial charge in [0.25, 0.3) is 0 Å². The van der Waals surface area contributed by atoms with Gasteiger partial charge in [-0.15, -0.1) is 0 Å². The zero-order valence-electron chi connectivity index (χ0n) is 17.6. The number of ether oxygens (including phenoxy) is 4. The molecule has 2 rings (SSSR count). The number of nitrogens with one attached hydrogen (secondary N) is 1. The lowest BCUT2D eigenvalue weighted by molar-refractivity contribution is -0.189. The summed E-state index contributed by atoms with van der Waals surface area (Å²) in [6.45, 7) is 1.35. The lowest BCUT2D eigenvalue weighted by Crippen LogP contribution is -2.41. The molecule has 14 heteroatoms. The molecule has 184 valence electrons. The molecular weight excluding hydrogens is 477 g/mol. The molecule has 0 radical (unpaired) electrons. The molecule has 1 aliphatic heterocycles. The molecule has 2 N–H and O–H groups in total. The molecule has 0 saturated heterocycles. The summed E-state index contributed by atoms with van der Waals surface area (Å²) in [5.41, 5.74) is 1.24. The standard InChI is InChI=1S/C19H22ClF3N2O8/c1-11-7-13(20)8-12-9-14(16(19(21,22)23)33-15(11)12)17(26)30-10-31-18(27)29-5-3-25(2)4-6-32-24-28/h7-9,16,24,28H,3-6,10H2,1-2H3. The van der Waals surface area contributed by atoms with Crippen LogP contribution in [0.25, 0.3) is 6.08 Å². The number of nitrogens with zero attached hydrogens (tertiary/aromatic N) is 1. The quantitative estimate of drug-likeness (QED) is 0.216. The zero-order chi connectivity index (χ0) is 24.6. The van der Waals surface area contributed by atoms with Gasteiger partial charge in [-0.1, -0.05) is 17.2 Å². The van der Waals surface area contributed by atoms with E-state index in [4.69, 9.17) is 26.3 Å². The summed E-state index contributed by atoms with van der Waals surface area (Å²) in [6.07, 6.45) is -7.68. The van der Waals surface area contributed by atoms with Crippen LogP contribution in [0.1, 0.15) is 11.1 Å². The number of halogens is 4. The van der Waals surface area contributed by atoms with Crippen LogP contribution in [0, 0.1) is 6.92 Å². The fourth-order valence-electron chi connectivity index (χ4n) is 2.76. The minimum Gasteiger partial charge on any atom is -0.475 e. The molecule has 0 aliphatic carbocycles. The number of hydrogen-bond donors (Lipinski definition) is 2. The lowest BCUT2D eigenvalue weighted by atomic mass is 9.99. The summed E-state index contributed by atoms with van der Waals surface area (Å²) in [7, 11) is 1.70. The van der Waals surface area contributed by atoms with E-state index in [1.165, 1.54) is 24.7 Å². The highest BCUT2D eigenvalue weighted by atomic mass is 35.5. The van der Waals surface area contributed by atoms with Gasteiger partial charge in [0.2, 0.25) is 12.9 Å². The van der Waals surface area contributed by atoms with Crippen LogP contribution in [0.15, 0.2) is 17.7 Å². The fraction of sp³-hybridized carbons (Fsp3) is 0.474. The number of esters is 1. The Kier molecular flexibility index (Phi) is 9.73. The Morgan fingerprint density at radius 1 is 1.21 bits per heavy atom. The maximum absolute atomic E-state index is 13.5. The minimum absolute atomic E-state index is 0.0535. The Morgan fingerprint density at radius 2 is 1.91 bits per heavy atom.